The lowest BCUT2D eigenvalue weighted by atomic mass is 9.82. The van der Waals surface area contributed by atoms with Crippen LogP contribution in [0.3, 0.4) is 0 Å². The van der Waals surface area contributed by atoms with Gasteiger partial charge in [-0.3, -0.25) is 23.7 Å². The van der Waals surface area contributed by atoms with Crippen LogP contribution in [0.4, 0.5) is 0 Å². The van der Waals surface area contributed by atoms with Crippen molar-refractivity contribution in [3.63, 3.8) is 0 Å². The largest absolute Gasteiger partial charge is 0.481 e. The second-order valence-corrected chi connectivity index (χ2v) is 9.42. The molecule has 1 saturated carbocycles. The van der Waals surface area contributed by atoms with Gasteiger partial charge < -0.3 is 20.7 Å². The molecule has 1 aromatic carbocycles. The van der Waals surface area contributed by atoms with E-state index >= 15 is 0 Å². The summed E-state index contributed by atoms with van der Waals surface area (Å²) >= 11 is 0. The molecular weight excluding hydrogens is 440 g/mol. The van der Waals surface area contributed by atoms with Gasteiger partial charge in [-0.1, -0.05) is 26.0 Å². The molecule has 2 amide bonds. The van der Waals surface area contributed by atoms with E-state index in [1.807, 2.05) is 13.8 Å². The Labute approximate surface area is 196 Å². The number of aromatic nitrogens is 2. The van der Waals surface area contributed by atoms with Crippen LogP contribution in [0.1, 0.15) is 46.0 Å². The molecule has 1 heterocycles. The number of H-pyrrole nitrogens is 1. The summed E-state index contributed by atoms with van der Waals surface area (Å²) < 4.78 is 0.822. The average Bonchev–Trinajstić information content (AvgIpc) is 2.79. The van der Waals surface area contributed by atoms with Crippen molar-refractivity contribution in [3.05, 3.63) is 45.1 Å². The Hall–Kier alpha value is -3.43. The van der Waals surface area contributed by atoms with Gasteiger partial charge in [0.1, 0.15) is 12.6 Å². The minimum Gasteiger partial charge on any atom is -0.481 e. The molecule has 1 fully saturated rings. The van der Waals surface area contributed by atoms with Gasteiger partial charge in [0.25, 0.3) is 5.56 Å². The lowest BCUT2D eigenvalue weighted by molar-refractivity contribution is -0.143. The van der Waals surface area contributed by atoms with E-state index in [1.54, 1.807) is 24.3 Å². The van der Waals surface area contributed by atoms with E-state index in [0.717, 1.165) is 17.4 Å². The number of amides is 2. The van der Waals surface area contributed by atoms with Crippen LogP contribution in [0, 0.1) is 17.8 Å². The van der Waals surface area contributed by atoms with Crippen molar-refractivity contribution in [1.29, 1.82) is 0 Å². The maximum atomic E-state index is 12.8. The molecule has 10 nitrogen and oxygen atoms in total. The number of carboxylic acids is 1. The molecule has 184 valence electrons. The van der Waals surface area contributed by atoms with Gasteiger partial charge in [-0.15, -0.1) is 0 Å². The van der Waals surface area contributed by atoms with Crippen LogP contribution in [0.2, 0.25) is 0 Å². The van der Waals surface area contributed by atoms with Crippen molar-refractivity contribution >= 4 is 28.7 Å². The molecule has 0 saturated heterocycles. The summed E-state index contributed by atoms with van der Waals surface area (Å²) in [7, 11) is 0. The Kier molecular flexibility index (Phi) is 8.25. The first kappa shape index (κ1) is 25.2. The number of carbonyl (C=O) groups is 3. The number of carboxylic acid groups (broad SMARTS) is 1. The third-order valence-corrected chi connectivity index (χ3v) is 6.31. The first-order valence-electron chi connectivity index (χ1n) is 11.7. The van der Waals surface area contributed by atoms with Crippen molar-refractivity contribution < 1.29 is 19.5 Å². The number of aliphatic carboxylic acids is 1. The molecular formula is C24H32N4O6. The number of aromatic amines is 1. The fourth-order valence-electron chi connectivity index (χ4n) is 4.41. The minimum atomic E-state index is -0.807. The molecule has 3 rings (SSSR count). The molecule has 34 heavy (non-hydrogen) atoms. The number of hydrogen-bond acceptors (Lipinski definition) is 5. The van der Waals surface area contributed by atoms with E-state index in [0.29, 0.717) is 36.7 Å². The molecule has 2 aromatic rings. The van der Waals surface area contributed by atoms with Crippen molar-refractivity contribution in [1.82, 2.24) is 20.2 Å². The lowest BCUT2D eigenvalue weighted by Crippen LogP contribution is -2.50. The van der Waals surface area contributed by atoms with Crippen LogP contribution in [-0.2, 0) is 20.9 Å². The normalized spacial score (nSPS) is 19.0. The van der Waals surface area contributed by atoms with Gasteiger partial charge in [0.2, 0.25) is 11.8 Å². The maximum Gasteiger partial charge on any atom is 0.329 e. The first-order chi connectivity index (χ1) is 16.2. The lowest BCUT2D eigenvalue weighted by Gasteiger charge is -2.27. The average molecular weight is 473 g/mol. The molecule has 0 radical (unpaired) electrons. The highest BCUT2D eigenvalue weighted by atomic mass is 16.4. The number of carbonyl (C=O) groups excluding carboxylic acids is 2. The van der Waals surface area contributed by atoms with E-state index in [2.05, 4.69) is 15.6 Å². The molecule has 1 aliphatic carbocycles. The number of fused-ring (bicyclic) bond motifs is 1. The van der Waals surface area contributed by atoms with Crippen LogP contribution < -0.4 is 21.9 Å². The van der Waals surface area contributed by atoms with Gasteiger partial charge in [0, 0.05) is 6.54 Å². The molecule has 1 atom stereocenters. The first-order valence-corrected chi connectivity index (χ1v) is 11.7. The van der Waals surface area contributed by atoms with E-state index in [4.69, 9.17) is 5.11 Å². The van der Waals surface area contributed by atoms with Gasteiger partial charge in [0.05, 0.1) is 16.8 Å². The van der Waals surface area contributed by atoms with Crippen LogP contribution in [0.25, 0.3) is 10.9 Å². The second-order valence-electron chi connectivity index (χ2n) is 9.42. The summed E-state index contributed by atoms with van der Waals surface area (Å²) in [4.78, 5) is 64.2. The molecule has 10 heteroatoms. The van der Waals surface area contributed by atoms with Gasteiger partial charge in [-0.2, -0.15) is 0 Å². The Bertz CT molecular complexity index is 1160. The Morgan fingerprint density at radius 3 is 2.44 bits per heavy atom. The van der Waals surface area contributed by atoms with Crippen LogP contribution >= 0.6 is 0 Å². The number of rotatable bonds is 9. The second kappa shape index (κ2) is 11.1. The fraction of sp³-hybridized carbons (Fsp3) is 0.542. The molecule has 0 bridgehead atoms. The van der Waals surface area contributed by atoms with Gasteiger partial charge in [0.15, 0.2) is 0 Å². The summed E-state index contributed by atoms with van der Waals surface area (Å²) in [6, 6.07) is 5.74. The molecule has 1 aromatic heterocycles. The van der Waals surface area contributed by atoms with E-state index < -0.39 is 35.7 Å². The van der Waals surface area contributed by atoms with Crippen molar-refractivity contribution in [2.45, 2.75) is 58.5 Å². The smallest absolute Gasteiger partial charge is 0.329 e. The third kappa shape index (κ3) is 6.33. The van der Waals surface area contributed by atoms with Crippen LogP contribution in [-0.4, -0.2) is 45.0 Å². The molecule has 1 aliphatic rings. The fourth-order valence-corrected chi connectivity index (χ4v) is 4.41. The zero-order valence-electron chi connectivity index (χ0n) is 19.5. The summed E-state index contributed by atoms with van der Waals surface area (Å²) in [5, 5.41) is 15.0. The number of hydrogen-bond donors (Lipinski definition) is 4. The predicted octanol–water partition coefficient (Wildman–Crippen LogP) is 1.23. The van der Waals surface area contributed by atoms with Gasteiger partial charge >= 0.3 is 11.7 Å². The number of para-hydroxylation sites is 1. The zero-order valence-corrected chi connectivity index (χ0v) is 19.5. The molecule has 0 unspecified atom stereocenters. The standard InChI is InChI=1S/C24H32N4O6/c1-14(2)11-19(21(30)25-12-15-7-9-16(10-8-15)23(32)33)26-20(29)13-28-22(31)17-5-3-4-6-18(17)27-24(28)34/h3-6,14-16,19H,7-13H2,1-2H3,(H,25,30)(H,26,29)(H,27,34)(H,32,33)/t15?,16?,19-/m1/s1. The van der Waals surface area contributed by atoms with E-state index in [9.17, 15) is 24.0 Å². The van der Waals surface area contributed by atoms with E-state index in [-0.39, 0.29) is 23.7 Å². The number of benzene rings is 1. The van der Waals surface area contributed by atoms with E-state index in [1.165, 1.54) is 0 Å². The summed E-state index contributed by atoms with van der Waals surface area (Å²) in [6.07, 6.45) is 3.04. The topological polar surface area (TPSA) is 150 Å². The van der Waals surface area contributed by atoms with Gasteiger partial charge in [-0.25, -0.2) is 4.79 Å². The van der Waals surface area contributed by atoms with Crippen molar-refractivity contribution in [2.75, 3.05) is 6.54 Å². The molecule has 0 aliphatic heterocycles. The Balaban J connectivity index is 1.62. The summed E-state index contributed by atoms with van der Waals surface area (Å²) in [5.41, 5.74) is -0.874. The minimum absolute atomic E-state index is 0.119. The summed E-state index contributed by atoms with van der Waals surface area (Å²) in [6.45, 7) is 3.77. The summed E-state index contributed by atoms with van der Waals surface area (Å²) in [5.74, 6) is -1.71. The Morgan fingerprint density at radius 1 is 1.12 bits per heavy atom. The molecule has 0 spiro atoms. The highest BCUT2D eigenvalue weighted by molar-refractivity contribution is 5.87. The van der Waals surface area contributed by atoms with Crippen molar-refractivity contribution in [2.24, 2.45) is 17.8 Å². The molecule has 4 N–H and O–H groups in total. The van der Waals surface area contributed by atoms with Crippen LogP contribution in [0.15, 0.2) is 33.9 Å². The predicted molar refractivity (Wildman–Crippen MR) is 126 cm³/mol. The van der Waals surface area contributed by atoms with Crippen molar-refractivity contribution in [3.8, 4) is 0 Å². The highest BCUT2D eigenvalue weighted by Crippen LogP contribution is 2.28. The third-order valence-electron chi connectivity index (χ3n) is 6.31. The van der Waals surface area contributed by atoms with Crippen LogP contribution in [0.5, 0.6) is 0 Å². The SMILES string of the molecule is CC(C)C[C@@H](NC(=O)Cn1c(=O)[nH]c2ccccc2c1=O)C(=O)NCC1CCC(C(=O)O)CC1. The quantitative estimate of drug-likeness (QED) is 0.431. The Morgan fingerprint density at radius 2 is 1.79 bits per heavy atom. The number of nitrogens with one attached hydrogen (secondary N) is 3. The highest BCUT2D eigenvalue weighted by Gasteiger charge is 2.28. The van der Waals surface area contributed by atoms with Gasteiger partial charge in [-0.05, 0) is 56.1 Å². The zero-order chi connectivity index (χ0) is 24.8. The monoisotopic (exact) mass is 472 g/mol. The maximum absolute atomic E-state index is 12.8. The number of nitrogens with zero attached hydrogens (tertiary/aromatic N) is 1.